The number of nitrogens with zero attached hydrogens (tertiary/aromatic N) is 3. The van der Waals surface area contributed by atoms with E-state index in [1.807, 2.05) is 4.90 Å². The molecule has 1 saturated heterocycles. The van der Waals surface area contributed by atoms with Crippen LogP contribution in [0.2, 0.25) is 0 Å². The van der Waals surface area contributed by atoms with Gasteiger partial charge in [0.2, 0.25) is 11.8 Å². The zero-order chi connectivity index (χ0) is 17.4. The van der Waals surface area contributed by atoms with Crippen LogP contribution in [0.5, 0.6) is 0 Å². The minimum absolute atomic E-state index is 0.0961. The van der Waals surface area contributed by atoms with E-state index in [-0.39, 0.29) is 11.8 Å². The fraction of sp³-hybridized carbons (Fsp3) is 0.722. The van der Waals surface area contributed by atoms with Gasteiger partial charge < -0.3 is 14.7 Å². The third-order valence-corrected chi connectivity index (χ3v) is 6.00. The molecule has 2 bridgehead atoms. The fourth-order valence-electron chi connectivity index (χ4n) is 4.72. The lowest BCUT2D eigenvalue weighted by molar-refractivity contribution is -0.139. The van der Waals surface area contributed by atoms with E-state index in [1.165, 1.54) is 19.3 Å². The molecule has 1 aromatic rings. The van der Waals surface area contributed by atoms with Gasteiger partial charge in [-0.05, 0) is 38.0 Å². The maximum atomic E-state index is 12.8. The number of piperazine rings is 1. The Kier molecular flexibility index (Phi) is 4.50. The predicted octanol–water partition coefficient (Wildman–Crippen LogP) is 1.50. The number of carbonyl (C=O) groups excluding carboxylic acids is 2. The summed E-state index contributed by atoms with van der Waals surface area (Å²) in [6.07, 6.45) is 4.92. The van der Waals surface area contributed by atoms with Crippen molar-refractivity contribution in [1.82, 2.24) is 15.0 Å². The van der Waals surface area contributed by atoms with Crippen molar-refractivity contribution in [3.8, 4) is 0 Å². The average molecular weight is 346 g/mol. The Morgan fingerprint density at radius 2 is 2.04 bits per heavy atom. The van der Waals surface area contributed by atoms with Crippen molar-refractivity contribution in [2.75, 3.05) is 38.0 Å². The van der Waals surface area contributed by atoms with Crippen LogP contribution in [0.4, 0.5) is 5.82 Å². The van der Waals surface area contributed by atoms with Crippen LogP contribution in [0.3, 0.4) is 0 Å². The van der Waals surface area contributed by atoms with Crippen LogP contribution in [-0.2, 0) is 9.59 Å². The lowest BCUT2D eigenvalue weighted by atomic mass is 9.87. The molecule has 0 spiro atoms. The molecular weight excluding hydrogens is 320 g/mol. The van der Waals surface area contributed by atoms with Crippen LogP contribution >= 0.6 is 0 Å². The van der Waals surface area contributed by atoms with E-state index < -0.39 is 0 Å². The molecule has 0 aromatic carbocycles. The van der Waals surface area contributed by atoms with E-state index in [1.54, 1.807) is 13.0 Å². The average Bonchev–Trinajstić information content (AvgIpc) is 3.32. The Bertz CT molecular complexity index is 651. The first-order chi connectivity index (χ1) is 12.1. The van der Waals surface area contributed by atoms with Gasteiger partial charge in [-0.3, -0.25) is 14.5 Å². The van der Waals surface area contributed by atoms with E-state index in [2.05, 4.69) is 15.4 Å². The summed E-state index contributed by atoms with van der Waals surface area (Å²) in [5.74, 6) is 3.08. The molecule has 2 amide bonds. The Balaban J connectivity index is 1.23. The quantitative estimate of drug-likeness (QED) is 0.894. The molecule has 2 aliphatic carbocycles. The largest absolute Gasteiger partial charge is 0.360 e. The molecule has 25 heavy (non-hydrogen) atoms. The van der Waals surface area contributed by atoms with Crippen molar-refractivity contribution in [2.45, 2.75) is 32.6 Å². The van der Waals surface area contributed by atoms with Crippen LogP contribution in [0, 0.1) is 24.7 Å². The number of anilines is 1. The Morgan fingerprint density at radius 1 is 1.24 bits per heavy atom. The molecule has 1 aliphatic heterocycles. The SMILES string of the molecule is Cc1cc(NC(=O)CN2CCN(C(=O)[C@H]3C[C@H]4CC[C@H]3C4)CC2)no1. The number of nitrogens with one attached hydrogen (secondary N) is 1. The smallest absolute Gasteiger partial charge is 0.239 e. The van der Waals surface area contributed by atoms with E-state index in [4.69, 9.17) is 4.52 Å². The van der Waals surface area contributed by atoms with Gasteiger partial charge in [0.1, 0.15) is 5.76 Å². The summed E-state index contributed by atoms with van der Waals surface area (Å²) in [6, 6.07) is 1.70. The monoisotopic (exact) mass is 346 g/mol. The summed E-state index contributed by atoms with van der Waals surface area (Å²) >= 11 is 0. The summed E-state index contributed by atoms with van der Waals surface area (Å²) in [5.41, 5.74) is 0. The highest BCUT2D eigenvalue weighted by Crippen LogP contribution is 2.48. The van der Waals surface area contributed by atoms with Gasteiger partial charge in [-0.2, -0.15) is 0 Å². The Morgan fingerprint density at radius 3 is 2.64 bits per heavy atom. The standard InChI is InChI=1S/C18H26N4O3/c1-12-8-16(20-25-12)19-17(23)11-21-4-6-22(7-5-21)18(24)15-10-13-2-3-14(15)9-13/h8,13-15H,2-7,9-11H2,1H3,(H,19,20,23)/t13-,14-,15-/m0/s1. The van der Waals surface area contributed by atoms with Crippen LogP contribution in [-0.4, -0.2) is 59.5 Å². The third-order valence-electron chi connectivity index (χ3n) is 6.00. The van der Waals surface area contributed by atoms with Crippen molar-refractivity contribution >= 4 is 17.6 Å². The van der Waals surface area contributed by atoms with E-state index in [0.29, 0.717) is 29.9 Å². The van der Waals surface area contributed by atoms with Crippen LogP contribution < -0.4 is 5.32 Å². The highest BCUT2D eigenvalue weighted by atomic mass is 16.5. The Labute approximate surface area is 147 Å². The van der Waals surface area contributed by atoms with Crippen molar-refractivity contribution in [2.24, 2.45) is 17.8 Å². The molecule has 1 N–H and O–H groups in total. The van der Waals surface area contributed by atoms with Gasteiger partial charge in [0.15, 0.2) is 5.82 Å². The second kappa shape index (κ2) is 6.78. The number of rotatable bonds is 4. The molecule has 7 heteroatoms. The summed E-state index contributed by atoms with van der Waals surface area (Å²) in [4.78, 5) is 29.0. The topological polar surface area (TPSA) is 78.7 Å². The lowest BCUT2D eigenvalue weighted by Gasteiger charge is -2.36. The van der Waals surface area contributed by atoms with Gasteiger partial charge in [-0.15, -0.1) is 0 Å². The summed E-state index contributed by atoms with van der Waals surface area (Å²) in [5, 5.41) is 6.51. The molecule has 4 rings (SSSR count). The molecule has 7 nitrogen and oxygen atoms in total. The minimum Gasteiger partial charge on any atom is -0.360 e. The zero-order valence-corrected chi connectivity index (χ0v) is 14.7. The van der Waals surface area contributed by atoms with E-state index in [9.17, 15) is 9.59 Å². The first-order valence-corrected chi connectivity index (χ1v) is 9.33. The summed E-state index contributed by atoms with van der Waals surface area (Å²) in [7, 11) is 0. The minimum atomic E-state index is -0.0961. The van der Waals surface area contributed by atoms with E-state index >= 15 is 0 Å². The normalized spacial score (nSPS) is 29.2. The molecule has 136 valence electrons. The molecule has 2 saturated carbocycles. The number of aryl methyl sites for hydroxylation is 1. The summed E-state index contributed by atoms with van der Waals surface area (Å²) < 4.78 is 4.94. The predicted molar refractivity (Wildman–Crippen MR) is 91.8 cm³/mol. The molecule has 0 unspecified atom stereocenters. The number of aromatic nitrogens is 1. The number of carbonyl (C=O) groups is 2. The highest BCUT2D eigenvalue weighted by Gasteiger charge is 2.44. The highest BCUT2D eigenvalue weighted by molar-refractivity contribution is 5.91. The van der Waals surface area contributed by atoms with Crippen LogP contribution in [0.15, 0.2) is 10.6 Å². The molecular formula is C18H26N4O3. The van der Waals surface area contributed by atoms with E-state index in [0.717, 1.165) is 38.5 Å². The number of fused-ring (bicyclic) bond motifs is 2. The Hall–Kier alpha value is -1.89. The first kappa shape index (κ1) is 16.6. The van der Waals surface area contributed by atoms with Crippen molar-refractivity contribution in [3.05, 3.63) is 11.8 Å². The van der Waals surface area contributed by atoms with Crippen LogP contribution in [0.1, 0.15) is 31.4 Å². The fourth-order valence-corrected chi connectivity index (χ4v) is 4.72. The molecule has 2 heterocycles. The second-order valence-corrected chi connectivity index (χ2v) is 7.75. The lowest BCUT2D eigenvalue weighted by Crippen LogP contribution is -2.52. The second-order valence-electron chi connectivity index (χ2n) is 7.75. The third kappa shape index (κ3) is 3.56. The maximum absolute atomic E-state index is 12.8. The first-order valence-electron chi connectivity index (χ1n) is 9.33. The molecule has 0 radical (unpaired) electrons. The van der Waals surface area contributed by atoms with Gasteiger partial charge in [-0.25, -0.2) is 0 Å². The number of hydrogen-bond donors (Lipinski definition) is 1. The number of hydrogen-bond acceptors (Lipinski definition) is 5. The molecule has 1 aromatic heterocycles. The van der Waals surface area contributed by atoms with Gasteiger partial charge in [0.25, 0.3) is 0 Å². The maximum Gasteiger partial charge on any atom is 0.239 e. The number of amides is 2. The van der Waals surface area contributed by atoms with Gasteiger partial charge in [-0.1, -0.05) is 11.6 Å². The van der Waals surface area contributed by atoms with Gasteiger partial charge in [0, 0.05) is 38.2 Å². The van der Waals surface area contributed by atoms with Crippen molar-refractivity contribution in [1.29, 1.82) is 0 Å². The summed E-state index contributed by atoms with van der Waals surface area (Å²) in [6.45, 7) is 5.05. The van der Waals surface area contributed by atoms with Crippen molar-refractivity contribution < 1.29 is 14.1 Å². The zero-order valence-electron chi connectivity index (χ0n) is 14.7. The molecule has 3 aliphatic rings. The van der Waals surface area contributed by atoms with Gasteiger partial charge in [0.05, 0.1) is 6.54 Å². The van der Waals surface area contributed by atoms with Crippen molar-refractivity contribution in [3.63, 3.8) is 0 Å². The molecule has 3 atom stereocenters. The van der Waals surface area contributed by atoms with Crippen LogP contribution in [0.25, 0.3) is 0 Å². The molecule has 3 fully saturated rings. The van der Waals surface area contributed by atoms with Gasteiger partial charge >= 0.3 is 0 Å².